The van der Waals surface area contributed by atoms with Crippen LogP contribution in [-0.4, -0.2) is 50.6 Å². The minimum atomic E-state index is -4.91. The number of rotatable bonds is 7. The molecule has 4 N–H and O–H groups in total. The minimum absolute atomic E-state index is 0.0130. The van der Waals surface area contributed by atoms with Gasteiger partial charge in [-0.2, -0.15) is 13.2 Å². The molecule has 1 aliphatic carbocycles. The highest BCUT2D eigenvalue weighted by molar-refractivity contribution is 7.17. The number of nitrogens with zero attached hydrogens (tertiary/aromatic N) is 3. The van der Waals surface area contributed by atoms with E-state index >= 15 is 0 Å². The van der Waals surface area contributed by atoms with Crippen LogP contribution in [0.15, 0.2) is 30.7 Å². The number of thiazole rings is 1. The smallest absolute Gasteiger partial charge is 0.435 e. The number of carbonyl (C=O) groups is 3. The number of aromatic carboxylic acids is 1. The standard InChI is InChI=1S/C25H25F3N6O4S/c1-2-30-24(38)33-18-9-16(17(12-31-18)13-8-14(23(36)37)11-29-10-13)22-34-20(25(26,27)28)19(39-22)21(35)32-15-6-4-3-5-7-15/h8-12,15H,2-7H2,1H3,(H,32,35)(H,36,37)(H2,30,31,33,38). The Balaban J connectivity index is 1.82. The molecular weight excluding hydrogens is 537 g/mol. The first-order valence-corrected chi connectivity index (χ1v) is 13.0. The fraction of sp³-hybridized carbons (Fsp3) is 0.360. The molecule has 3 heterocycles. The fourth-order valence-corrected chi connectivity index (χ4v) is 5.25. The van der Waals surface area contributed by atoms with Gasteiger partial charge in [0.15, 0.2) is 5.69 Å². The van der Waals surface area contributed by atoms with Crippen LogP contribution in [0.25, 0.3) is 21.7 Å². The van der Waals surface area contributed by atoms with Gasteiger partial charge in [0.25, 0.3) is 5.91 Å². The molecule has 0 radical (unpaired) electrons. The van der Waals surface area contributed by atoms with Gasteiger partial charge in [-0.3, -0.25) is 15.1 Å². The lowest BCUT2D eigenvalue weighted by Crippen LogP contribution is -2.36. The summed E-state index contributed by atoms with van der Waals surface area (Å²) in [6, 6.07) is 1.81. The Morgan fingerprint density at radius 2 is 1.82 bits per heavy atom. The van der Waals surface area contributed by atoms with Crippen LogP contribution in [0.2, 0.25) is 0 Å². The third-order valence-corrected chi connectivity index (χ3v) is 7.14. The van der Waals surface area contributed by atoms with Crippen LogP contribution in [0.3, 0.4) is 0 Å². The van der Waals surface area contributed by atoms with E-state index in [-0.39, 0.29) is 39.1 Å². The zero-order chi connectivity index (χ0) is 28.2. The number of carboxylic acids is 1. The second-order valence-electron chi connectivity index (χ2n) is 8.87. The molecule has 206 valence electrons. The van der Waals surface area contributed by atoms with Crippen molar-refractivity contribution in [1.82, 2.24) is 25.6 Å². The summed E-state index contributed by atoms with van der Waals surface area (Å²) in [5, 5.41) is 16.9. The van der Waals surface area contributed by atoms with Crippen molar-refractivity contribution in [2.24, 2.45) is 0 Å². The van der Waals surface area contributed by atoms with E-state index < -0.39 is 34.7 Å². The molecule has 0 aliphatic heterocycles. The monoisotopic (exact) mass is 562 g/mol. The Hall–Kier alpha value is -4.07. The summed E-state index contributed by atoms with van der Waals surface area (Å²) in [4.78, 5) is 47.8. The summed E-state index contributed by atoms with van der Waals surface area (Å²) in [6.07, 6.45) is 2.99. The lowest BCUT2D eigenvalue weighted by Gasteiger charge is -2.22. The number of urea groups is 1. The van der Waals surface area contributed by atoms with E-state index in [1.54, 1.807) is 6.92 Å². The highest BCUT2D eigenvalue weighted by Gasteiger charge is 2.40. The zero-order valence-electron chi connectivity index (χ0n) is 20.8. The van der Waals surface area contributed by atoms with Crippen LogP contribution in [0.4, 0.5) is 23.8 Å². The molecule has 14 heteroatoms. The van der Waals surface area contributed by atoms with Gasteiger partial charge in [-0.1, -0.05) is 19.3 Å². The molecular formula is C25H25F3N6O4S. The SMILES string of the molecule is CCNC(=O)Nc1cc(-c2nc(C(F)(F)F)c(C(=O)NC3CCCCC3)s2)c(-c2cncc(C(=O)O)c2)cn1. The molecule has 4 rings (SSSR count). The van der Waals surface area contributed by atoms with Gasteiger partial charge in [0, 0.05) is 47.9 Å². The van der Waals surface area contributed by atoms with E-state index in [1.165, 1.54) is 24.5 Å². The van der Waals surface area contributed by atoms with Crippen molar-refractivity contribution < 1.29 is 32.7 Å². The average Bonchev–Trinajstić information content (AvgIpc) is 3.36. The summed E-state index contributed by atoms with van der Waals surface area (Å²) >= 11 is 0.557. The van der Waals surface area contributed by atoms with Gasteiger partial charge < -0.3 is 15.7 Å². The Morgan fingerprint density at radius 3 is 2.49 bits per heavy atom. The number of alkyl halides is 3. The maximum atomic E-state index is 14.0. The molecule has 39 heavy (non-hydrogen) atoms. The quantitative estimate of drug-likeness (QED) is 0.310. The molecule has 0 bridgehead atoms. The summed E-state index contributed by atoms with van der Waals surface area (Å²) in [6.45, 7) is 2.03. The molecule has 0 spiro atoms. The molecule has 3 aromatic heterocycles. The second kappa shape index (κ2) is 11.8. The van der Waals surface area contributed by atoms with E-state index in [1.807, 2.05) is 0 Å². The molecule has 1 saturated carbocycles. The van der Waals surface area contributed by atoms with Gasteiger partial charge in [-0.05, 0) is 31.9 Å². The predicted molar refractivity (Wildman–Crippen MR) is 138 cm³/mol. The lowest BCUT2D eigenvalue weighted by atomic mass is 9.95. The summed E-state index contributed by atoms with van der Waals surface area (Å²) in [5.74, 6) is -2.09. The van der Waals surface area contributed by atoms with Gasteiger partial charge >= 0.3 is 18.2 Å². The maximum absolute atomic E-state index is 14.0. The number of hydrogen-bond donors (Lipinski definition) is 4. The number of pyridine rings is 2. The fourth-order valence-electron chi connectivity index (χ4n) is 4.24. The molecule has 0 unspecified atom stereocenters. The highest BCUT2D eigenvalue weighted by Crippen LogP contribution is 2.41. The van der Waals surface area contributed by atoms with Crippen LogP contribution in [0.1, 0.15) is 64.8 Å². The molecule has 3 amide bonds. The third kappa shape index (κ3) is 6.69. The molecule has 0 saturated heterocycles. The van der Waals surface area contributed by atoms with Gasteiger partial charge in [-0.25, -0.2) is 19.6 Å². The van der Waals surface area contributed by atoms with Gasteiger partial charge in [0.1, 0.15) is 15.7 Å². The number of nitrogens with one attached hydrogen (secondary N) is 3. The second-order valence-corrected chi connectivity index (χ2v) is 9.87. The number of halogens is 3. The van der Waals surface area contributed by atoms with Gasteiger partial charge in [-0.15, -0.1) is 11.3 Å². The van der Waals surface area contributed by atoms with Crippen LogP contribution in [0, 0.1) is 0 Å². The van der Waals surface area contributed by atoms with Crippen molar-refractivity contribution in [2.75, 3.05) is 11.9 Å². The summed E-state index contributed by atoms with van der Waals surface area (Å²) in [5.41, 5.74) is -0.902. The number of hydrogen-bond acceptors (Lipinski definition) is 7. The molecule has 0 atom stereocenters. The van der Waals surface area contributed by atoms with Crippen molar-refractivity contribution >= 4 is 35.1 Å². The number of carboxylic acid groups (broad SMARTS) is 1. The van der Waals surface area contributed by atoms with Crippen molar-refractivity contribution in [3.05, 3.63) is 46.9 Å². The summed E-state index contributed by atoms with van der Waals surface area (Å²) in [7, 11) is 0. The van der Waals surface area contributed by atoms with E-state index in [9.17, 15) is 32.7 Å². The third-order valence-electron chi connectivity index (χ3n) is 6.05. The maximum Gasteiger partial charge on any atom is 0.435 e. The first-order valence-electron chi connectivity index (χ1n) is 12.2. The Morgan fingerprint density at radius 1 is 1.08 bits per heavy atom. The average molecular weight is 563 g/mol. The van der Waals surface area contributed by atoms with E-state index in [4.69, 9.17) is 0 Å². The zero-order valence-corrected chi connectivity index (χ0v) is 21.6. The number of amides is 3. The number of carbonyl (C=O) groups excluding carboxylic acids is 2. The van der Waals surface area contributed by atoms with Gasteiger partial charge in [0.2, 0.25) is 0 Å². The van der Waals surface area contributed by atoms with Crippen molar-refractivity contribution in [1.29, 1.82) is 0 Å². The molecule has 3 aromatic rings. The molecule has 1 fully saturated rings. The molecule has 1 aliphatic rings. The normalized spacial score (nSPS) is 14.1. The Kier molecular flexibility index (Phi) is 8.43. The van der Waals surface area contributed by atoms with E-state index in [0.29, 0.717) is 30.7 Å². The van der Waals surface area contributed by atoms with Crippen LogP contribution >= 0.6 is 11.3 Å². The van der Waals surface area contributed by atoms with Crippen LogP contribution in [0.5, 0.6) is 0 Å². The lowest BCUT2D eigenvalue weighted by molar-refractivity contribution is -0.141. The summed E-state index contributed by atoms with van der Waals surface area (Å²) < 4.78 is 42.1. The molecule has 0 aromatic carbocycles. The highest BCUT2D eigenvalue weighted by atomic mass is 32.1. The molecule has 10 nitrogen and oxygen atoms in total. The predicted octanol–water partition coefficient (Wildman–Crippen LogP) is 5.19. The largest absolute Gasteiger partial charge is 0.478 e. The Labute approximate surface area is 225 Å². The van der Waals surface area contributed by atoms with E-state index in [2.05, 4.69) is 30.9 Å². The minimum Gasteiger partial charge on any atom is -0.478 e. The van der Waals surface area contributed by atoms with Crippen molar-refractivity contribution in [3.8, 4) is 21.7 Å². The number of anilines is 1. The van der Waals surface area contributed by atoms with Gasteiger partial charge in [0.05, 0.1) is 5.56 Å². The van der Waals surface area contributed by atoms with E-state index in [0.717, 1.165) is 25.5 Å². The number of aromatic nitrogens is 3. The first-order chi connectivity index (χ1) is 18.6. The van der Waals surface area contributed by atoms with Crippen molar-refractivity contribution in [3.63, 3.8) is 0 Å². The van der Waals surface area contributed by atoms with Crippen LogP contribution in [-0.2, 0) is 6.18 Å². The Bertz CT molecular complexity index is 1390. The topological polar surface area (TPSA) is 146 Å². The van der Waals surface area contributed by atoms with Crippen molar-refractivity contribution in [2.45, 2.75) is 51.2 Å². The first kappa shape index (κ1) is 28.0. The van der Waals surface area contributed by atoms with Crippen LogP contribution < -0.4 is 16.0 Å².